The second kappa shape index (κ2) is 7.14. The van der Waals surface area contributed by atoms with Crippen molar-refractivity contribution in [2.75, 3.05) is 13.2 Å². The number of aliphatic hydroxyl groups excluding tert-OH is 2. The van der Waals surface area contributed by atoms with E-state index in [0.717, 1.165) is 11.1 Å². The smallest absolute Gasteiger partial charge is 0.123 e. The van der Waals surface area contributed by atoms with Crippen molar-refractivity contribution in [1.82, 2.24) is 5.32 Å². The van der Waals surface area contributed by atoms with Gasteiger partial charge in [-0.1, -0.05) is 42.5 Å². The van der Waals surface area contributed by atoms with E-state index in [1.807, 2.05) is 30.3 Å². The van der Waals surface area contributed by atoms with E-state index in [0.29, 0.717) is 0 Å². The zero-order valence-corrected chi connectivity index (χ0v) is 11.0. The average Bonchev–Trinajstić information content (AvgIpc) is 2.51. The Morgan fingerprint density at radius 1 is 0.850 bits per heavy atom. The highest BCUT2D eigenvalue weighted by Crippen LogP contribution is 2.22. The summed E-state index contributed by atoms with van der Waals surface area (Å²) in [5.74, 6) is -0.290. The van der Waals surface area contributed by atoms with Crippen molar-refractivity contribution in [3.8, 4) is 0 Å². The highest BCUT2D eigenvalue weighted by Gasteiger charge is 2.17. The van der Waals surface area contributed by atoms with E-state index in [2.05, 4.69) is 5.32 Å². The molecule has 0 saturated heterocycles. The van der Waals surface area contributed by atoms with Crippen LogP contribution < -0.4 is 5.32 Å². The molecule has 0 aromatic heterocycles. The number of halogens is 1. The van der Waals surface area contributed by atoms with E-state index in [1.54, 1.807) is 12.1 Å². The molecule has 3 nitrogen and oxygen atoms in total. The third-order valence-electron chi connectivity index (χ3n) is 3.18. The van der Waals surface area contributed by atoms with Crippen molar-refractivity contribution in [3.05, 3.63) is 71.5 Å². The molecule has 2 aromatic rings. The van der Waals surface area contributed by atoms with E-state index in [1.165, 1.54) is 12.1 Å². The lowest BCUT2D eigenvalue weighted by molar-refractivity contribution is 0.165. The molecular weight excluding hydrogens is 257 g/mol. The average molecular weight is 275 g/mol. The van der Waals surface area contributed by atoms with E-state index in [-0.39, 0.29) is 25.1 Å². The van der Waals surface area contributed by atoms with Gasteiger partial charge in [-0.25, -0.2) is 4.39 Å². The zero-order valence-electron chi connectivity index (χ0n) is 11.0. The Morgan fingerprint density at radius 2 is 1.40 bits per heavy atom. The topological polar surface area (TPSA) is 52.5 Å². The number of nitrogens with one attached hydrogen (secondary N) is 1. The first kappa shape index (κ1) is 14.7. The van der Waals surface area contributed by atoms with E-state index in [4.69, 9.17) is 0 Å². The fourth-order valence-corrected chi connectivity index (χ4v) is 2.08. The van der Waals surface area contributed by atoms with Crippen molar-refractivity contribution in [2.24, 2.45) is 0 Å². The lowest BCUT2D eigenvalue weighted by Gasteiger charge is -2.24. The Kier molecular flexibility index (Phi) is 5.24. The molecule has 0 radical (unpaired) electrons. The summed E-state index contributed by atoms with van der Waals surface area (Å²) in [5.41, 5.74) is 1.87. The van der Waals surface area contributed by atoms with Crippen LogP contribution in [0.15, 0.2) is 54.6 Å². The molecular formula is C16H18FNO2. The largest absolute Gasteiger partial charge is 0.395 e. The van der Waals surface area contributed by atoms with E-state index < -0.39 is 6.04 Å². The van der Waals surface area contributed by atoms with Crippen molar-refractivity contribution in [1.29, 1.82) is 0 Å². The van der Waals surface area contributed by atoms with Crippen LogP contribution in [-0.2, 0) is 0 Å². The fourth-order valence-electron chi connectivity index (χ4n) is 2.08. The Labute approximate surface area is 117 Å². The molecule has 20 heavy (non-hydrogen) atoms. The van der Waals surface area contributed by atoms with Crippen LogP contribution in [0.5, 0.6) is 0 Å². The minimum Gasteiger partial charge on any atom is -0.395 e. The van der Waals surface area contributed by atoms with Gasteiger partial charge in [0.1, 0.15) is 5.82 Å². The van der Waals surface area contributed by atoms with Gasteiger partial charge >= 0.3 is 0 Å². The molecule has 0 spiro atoms. The Balaban J connectivity index is 2.31. The van der Waals surface area contributed by atoms with Gasteiger partial charge in [0.15, 0.2) is 0 Å². The lowest BCUT2D eigenvalue weighted by atomic mass is 9.98. The van der Waals surface area contributed by atoms with E-state index in [9.17, 15) is 14.6 Å². The SMILES string of the molecule is OCC(CO)NC(c1ccccc1)c1ccc(F)cc1. The van der Waals surface area contributed by atoms with Crippen molar-refractivity contribution < 1.29 is 14.6 Å². The van der Waals surface area contributed by atoms with Gasteiger partial charge in [-0.2, -0.15) is 0 Å². The summed E-state index contributed by atoms with van der Waals surface area (Å²) in [6, 6.07) is 15.2. The van der Waals surface area contributed by atoms with Gasteiger partial charge in [0.05, 0.1) is 25.3 Å². The van der Waals surface area contributed by atoms with Gasteiger partial charge in [0.2, 0.25) is 0 Å². The van der Waals surface area contributed by atoms with Gasteiger partial charge in [-0.15, -0.1) is 0 Å². The molecule has 0 fully saturated rings. The standard InChI is InChI=1S/C16H18FNO2/c17-14-8-6-13(7-9-14)16(18-15(10-19)11-20)12-4-2-1-3-5-12/h1-9,15-16,18-20H,10-11H2. The summed E-state index contributed by atoms with van der Waals surface area (Å²) in [7, 11) is 0. The van der Waals surface area contributed by atoms with Gasteiger partial charge in [0, 0.05) is 0 Å². The number of hydrogen-bond donors (Lipinski definition) is 3. The molecule has 1 atom stereocenters. The number of benzene rings is 2. The van der Waals surface area contributed by atoms with Gasteiger partial charge in [-0.05, 0) is 23.3 Å². The third-order valence-corrected chi connectivity index (χ3v) is 3.18. The highest BCUT2D eigenvalue weighted by atomic mass is 19.1. The van der Waals surface area contributed by atoms with Crippen LogP contribution in [0.1, 0.15) is 17.2 Å². The van der Waals surface area contributed by atoms with Crippen LogP contribution in [0.3, 0.4) is 0 Å². The summed E-state index contributed by atoms with van der Waals surface area (Å²) in [6.45, 7) is -0.331. The first-order valence-electron chi connectivity index (χ1n) is 6.52. The molecule has 0 saturated carbocycles. The second-order valence-corrected chi connectivity index (χ2v) is 4.62. The molecule has 3 N–H and O–H groups in total. The minimum atomic E-state index is -0.426. The number of aliphatic hydroxyl groups is 2. The third kappa shape index (κ3) is 3.63. The monoisotopic (exact) mass is 275 g/mol. The summed E-state index contributed by atoms with van der Waals surface area (Å²) in [4.78, 5) is 0. The summed E-state index contributed by atoms with van der Waals surface area (Å²) < 4.78 is 13.0. The maximum atomic E-state index is 13.0. The van der Waals surface area contributed by atoms with Crippen LogP contribution in [0.25, 0.3) is 0 Å². The highest BCUT2D eigenvalue weighted by molar-refractivity contribution is 5.32. The van der Waals surface area contributed by atoms with Crippen molar-refractivity contribution in [3.63, 3.8) is 0 Å². The van der Waals surface area contributed by atoms with Crippen LogP contribution in [0.4, 0.5) is 4.39 Å². The van der Waals surface area contributed by atoms with Gasteiger partial charge in [-0.3, -0.25) is 5.32 Å². The van der Waals surface area contributed by atoms with Crippen LogP contribution in [0.2, 0.25) is 0 Å². The summed E-state index contributed by atoms with van der Waals surface area (Å²) in [6.07, 6.45) is 0. The van der Waals surface area contributed by atoms with Crippen molar-refractivity contribution >= 4 is 0 Å². The molecule has 2 rings (SSSR count). The molecule has 1 unspecified atom stereocenters. The number of hydrogen-bond acceptors (Lipinski definition) is 3. The van der Waals surface area contributed by atoms with Crippen LogP contribution >= 0.6 is 0 Å². The first-order valence-corrected chi connectivity index (χ1v) is 6.52. The van der Waals surface area contributed by atoms with Crippen LogP contribution in [-0.4, -0.2) is 29.5 Å². The minimum absolute atomic E-state index is 0.166. The molecule has 0 aliphatic heterocycles. The maximum Gasteiger partial charge on any atom is 0.123 e. The predicted molar refractivity (Wildman–Crippen MR) is 75.8 cm³/mol. The first-order chi connectivity index (χ1) is 9.74. The predicted octanol–water partition coefficient (Wildman–Crippen LogP) is 1.86. The van der Waals surface area contributed by atoms with E-state index >= 15 is 0 Å². The van der Waals surface area contributed by atoms with Gasteiger partial charge in [0.25, 0.3) is 0 Å². The molecule has 106 valence electrons. The Hall–Kier alpha value is -1.75. The second-order valence-electron chi connectivity index (χ2n) is 4.62. The molecule has 0 aliphatic rings. The summed E-state index contributed by atoms with van der Waals surface area (Å²) in [5, 5.41) is 21.6. The van der Waals surface area contributed by atoms with Gasteiger partial charge < -0.3 is 10.2 Å². The number of rotatable bonds is 6. The van der Waals surface area contributed by atoms with Crippen LogP contribution in [0, 0.1) is 5.82 Å². The zero-order chi connectivity index (χ0) is 14.4. The fraction of sp³-hybridized carbons (Fsp3) is 0.250. The molecule has 0 aliphatic carbocycles. The molecule has 2 aromatic carbocycles. The Bertz CT molecular complexity index is 512. The normalized spacial score (nSPS) is 12.6. The van der Waals surface area contributed by atoms with Crippen molar-refractivity contribution in [2.45, 2.75) is 12.1 Å². The molecule has 0 amide bonds. The molecule has 4 heteroatoms. The molecule has 0 bridgehead atoms. The molecule has 0 heterocycles. The maximum absolute atomic E-state index is 13.0. The Morgan fingerprint density at radius 3 is 1.95 bits per heavy atom. The lowest BCUT2D eigenvalue weighted by Crippen LogP contribution is -2.38. The summed E-state index contributed by atoms with van der Waals surface area (Å²) >= 11 is 0. The quantitative estimate of drug-likeness (QED) is 0.754.